The van der Waals surface area contributed by atoms with E-state index in [1.165, 1.54) is 6.07 Å². The van der Waals surface area contributed by atoms with Gasteiger partial charge in [-0.3, -0.25) is 24.7 Å². The summed E-state index contributed by atoms with van der Waals surface area (Å²) in [6.07, 6.45) is 2.78. The molecule has 5 N–H and O–H groups in total. The van der Waals surface area contributed by atoms with Crippen LogP contribution in [0.15, 0.2) is 47.5 Å². The number of nitrogens with one attached hydrogen (secondary N) is 3. The summed E-state index contributed by atoms with van der Waals surface area (Å²) in [6, 6.07) is 9.77. The van der Waals surface area contributed by atoms with E-state index in [2.05, 4.69) is 25.8 Å². The van der Waals surface area contributed by atoms with Gasteiger partial charge in [-0.05, 0) is 69.4 Å². The van der Waals surface area contributed by atoms with Crippen LogP contribution in [0.1, 0.15) is 35.2 Å². The smallest absolute Gasteiger partial charge is 0.268 e. The number of halogens is 2. The van der Waals surface area contributed by atoms with Crippen molar-refractivity contribution in [2.45, 2.75) is 24.8 Å². The number of hydrogen-bond donors (Lipinski definition) is 4. The van der Waals surface area contributed by atoms with Crippen molar-refractivity contribution in [2.24, 2.45) is 10.7 Å². The van der Waals surface area contributed by atoms with Crippen LogP contribution in [0.2, 0.25) is 5.02 Å². The van der Waals surface area contributed by atoms with E-state index < -0.39 is 29.1 Å². The minimum atomic E-state index is -1.60. The zero-order valence-corrected chi connectivity index (χ0v) is 21.0. The van der Waals surface area contributed by atoms with Crippen LogP contribution in [0.25, 0.3) is 0 Å². The minimum absolute atomic E-state index is 0.00169. The molecule has 0 fully saturated rings. The van der Waals surface area contributed by atoms with Gasteiger partial charge in [-0.2, -0.15) is 0 Å². The van der Waals surface area contributed by atoms with Gasteiger partial charge in [0, 0.05) is 12.2 Å². The molecule has 3 amide bonds. The summed E-state index contributed by atoms with van der Waals surface area (Å²) >= 11 is 5.96. The standard InChI is InChI=1S/C25H30ClFN6O3/c1-33(2)13-5-3-4-12-29-23(35)21-25(24(28)36,31-15-30-21)16-6-9-18(10-7-16)32-22(34)19-11-8-17(27)14-20(19)26/h6-11,14,31H,3-5,12-13,15H2,1-2H3,(H2,28,36)(H,29,35)(H,32,34). The first-order valence-corrected chi connectivity index (χ1v) is 11.9. The minimum Gasteiger partial charge on any atom is -0.367 e. The van der Waals surface area contributed by atoms with E-state index >= 15 is 0 Å². The zero-order chi connectivity index (χ0) is 26.3. The van der Waals surface area contributed by atoms with Crippen LogP contribution in [0.3, 0.4) is 0 Å². The molecule has 2 aromatic rings. The Balaban J connectivity index is 1.69. The van der Waals surface area contributed by atoms with Gasteiger partial charge < -0.3 is 21.3 Å². The van der Waals surface area contributed by atoms with E-state index in [1.54, 1.807) is 24.3 Å². The van der Waals surface area contributed by atoms with Crippen molar-refractivity contribution in [2.75, 3.05) is 39.2 Å². The van der Waals surface area contributed by atoms with Crippen LogP contribution in [-0.2, 0) is 15.1 Å². The lowest BCUT2D eigenvalue weighted by molar-refractivity contribution is -0.123. The summed E-state index contributed by atoms with van der Waals surface area (Å²) < 4.78 is 13.3. The molecule has 1 atom stereocenters. The lowest BCUT2D eigenvalue weighted by atomic mass is 9.84. The number of aliphatic imine (C=N–C) groups is 1. The first-order chi connectivity index (χ1) is 17.1. The van der Waals surface area contributed by atoms with Gasteiger partial charge in [0.1, 0.15) is 11.5 Å². The second-order valence-electron chi connectivity index (χ2n) is 8.73. The fourth-order valence-electron chi connectivity index (χ4n) is 3.96. The fraction of sp³-hybridized carbons (Fsp3) is 0.360. The molecule has 0 bridgehead atoms. The van der Waals surface area contributed by atoms with E-state index in [1.807, 2.05) is 14.1 Å². The van der Waals surface area contributed by atoms with Gasteiger partial charge in [0.25, 0.3) is 11.8 Å². The highest BCUT2D eigenvalue weighted by atomic mass is 35.5. The number of unbranched alkanes of at least 4 members (excludes halogenated alkanes) is 2. The third kappa shape index (κ3) is 6.26. The summed E-state index contributed by atoms with van der Waals surface area (Å²) in [5.41, 5.74) is 5.08. The zero-order valence-electron chi connectivity index (χ0n) is 20.2. The van der Waals surface area contributed by atoms with E-state index in [0.29, 0.717) is 17.8 Å². The Morgan fingerprint density at radius 2 is 1.83 bits per heavy atom. The van der Waals surface area contributed by atoms with E-state index in [4.69, 9.17) is 17.3 Å². The van der Waals surface area contributed by atoms with Gasteiger partial charge in [-0.25, -0.2) is 4.39 Å². The Morgan fingerprint density at radius 3 is 2.47 bits per heavy atom. The summed E-state index contributed by atoms with van der Waals surface area (Å²) in [4.78, 5) is 44.4. The van der Waals surface area contributed by atoms with Gasteiger partial charge >= 0.3 is 0 Å². The maximum atomic E-state index is 13.3. The Labute approximate surface area is 214 Å². The molecule has 36 heavy (non-hydrogen) atoms. The van der Waals surface area contributed by atoms with Crippen LogP contribution >= 0.6 is 11.6 Å². The molecule has 0 saturated carbocycles. The van der Waals surface area contributed by atoms with Crippen LogP contribution < -0.4 is 21.7 Å². The number of nitrogens with two attached hydrogens (primary N) is 1. The van der Waals surface area contributed by atoms with E-state index in [9.17, 15) is 18.8 Å². The summed E-state index contributed by atoms with van der Waals surface area (Å²) in [5.74, 6) is -2.30. The highest BCUT2D eigenvalue weighted by molar-refractivity contribution is 6.47. The lowest BCUT2D eigenvalue weighted by Gasteiger charge is -2.28. The first-order valence-electron chi connectivity index (χ1n) is 11.5. The number of rotatable bonds is 11. The van der Waals surface area contributed by atoms with E-state index in [0.717, 1.165) is 37.9 Å². The Kier molecular flexibility index (Phi) is 9.14. The number of benzene rings is 2. The topological polar surface area (TPSA) is 129 Å². The maximum absolute atomic E-state index is 13.3. The van der Waals surface area contributed by atoms with Crippen molar-refractivity contribution < 1.29 is 18.8 Å². The number of anilines is 1. The molecule has 9 nitrogen and oxygen atoms in total. The average molecular weight is 517 g/mol. The van der Waals surface area contributed by atoms with Crippen molar-refractivity contribution in [1.82, 2.24) is 15.5 Å². The molecular formula is C25H30ClFN6O3. The van der Waals surface area contributed by atoms with Crippen molar-refractivity contribution in [3.05, 3.63) is 64.4 Å². The van der Waals surface area contributed by atoms with Crippen LogP contribution in [0.4, 0.5) is 10.1 Å². The number of carbonyl (C=O) groups excluding carboxylic acids is 3. The maximum Gasteiger partial charge on any atom is 0.268 e. The van der Waals surface area contributed by atoms with Gasteiger partial charge in [0.05, 0.1) is 17.3 Å². The Morgan fingerprint density at radius 1 is 1.11 bits per heavy atom. The van der Waals surface area contributed by atoms with E-state index in [-0.39, 0.29) is 23.0 Å². The highest BCUT2D eigenvalue weighted by Crippen LogP contribution is 2.28. The second kappa shape index (κ2) is 12.1. The summed E-state index contributed by atoms with van der Waals surface area (Å²) in [6.45, 7) is 1.48. The van der Waals surface area contributed by atoms with Crippen LogP contribution in [0, 0.1) is 5.82 Å². The molecular weight excluding hydrogens is 487 g/mol. The third-order valence-electron chi connectivity index (χ3n) is 5.84. The molecule has 2 aromatic carbocycles. The first kappa shape index (κ1) is 27.3. The number of hydrogen-bond acceptors (Lipinski definition) is 6. The highest BCUT2D eigenvalue weighted by Gasteiger charge is 2.49. The predicted molar refractivity (Wildman–Crippen MR) is 138 cm³/mol. The molecule has 1 aliphatic heterocycles. The number of primary amides is 1. The predicted octanol–water partition coefficient (Wildman–Crippen LogP) is 2.26. The molecule has 11 heteroatoms. The van der Waals surface area contributed by atoms with Crippen molar-refractivity contribution in [1.29, 1.82) is 0 Å². The van der Waals surface area contributed by atoms with Crippen molar-refractivity contribution in [3.63, 3.8) is 0 Å². The van der Waals surface area contributed by atoms with Gasteiger partial charge in [0.2, 0.25) is 5.91 Å². The summed E-state index contributed by atoms with van der Waals surface area (Å²) in [7, 11) is 4.02. The molecule has 192 valence electrons. The quantitative estimate of drug-likeness (QED) is 0.340. The molecule has 1 heterocycles. The van der Waals surface area contributed by atoms with Gasteiger partial charge in [-0.15, -0.1) is 0 Å². The lowest BCUT2D eigenvalue weighted by Crippen LogP contribution is -2.58. The fourth-order valence-corrected chi connectivity index (χ4v) is 4.21. The van der Waals surface area contributed by atoms with Crippen molar-refractivity contribution in [3.8, 4) is 0 Å². The molecule has 1 unspecified atom stereocenters. The van der Waals surface area contributed by atoms with Crippen LogP contribution in [0.5, 0.6) is 0 Å². The molecule has 0 aromatic heterocycles. The second-order valence-corrected chi connectivity index (χ2v) is 9.14. The SMILES string of the molecule is CN(C)CCCCCNC(=O)C1=NCNC1(C(N)=O)c1ccc(NC(=O)c2ccc(F)cc2Cl)cc1. The molecule has 0 radical (unpaired) electrons. The molecule has 3 rings (SSSR count). The number of carbonyl (C=O) groups is 3. The monoisotopic (exact) mass is 516 g/mol. The molecule has 0 spiro atoms. The molecule has 0 aliphatic carbocycles. The normalized spacial score (nSPS) is 17.1. The average Bonchev–Trinajstić information content (AvgIpc) is 3.28. The number of amides is 3. The molecule has 1 aliphatic rings. The Bertz CT molecular complexity index is 1150. The van der Waals surface area contributed by atoms with Gasteiger partial charge in [-0.1, -0.05) is 30.2 Å². The van der Waals surface area contributed by atoms with Gasteiger partial charge in [0.15, 0.2) is 5.54 Å². The number of nitrogens with zero attached hydrogens (tertiary/aromatic N) is 2. The summed E-state index contributed by atoms with van der Waals surface area (Å²) in [5, 5.41) is 8.44. The van der Waals surface area contributed by atoms with Crippen LogP contribution in [-0.4, -0.2) is 62.2 Å². The third-order valence-corrected chi connectivity index (χ3v) is 6.15. The van der Waals surface area contributed by atoms with Crippen molar-refractivity contribution >= 4 is 40.7 Å². The Hall–Kier alpha value is -3.34. The largest absolute Gasteiger partial charge is 0.367 e. The molecule has 0 saturated heterocycles.